The maximum Gasteiger partial charge on any atom is 0.419 e. The minimum absolute atomic E-state index is 0.245. The van der Waals surface area contributed by atoms with Crippen molar-refractivity contribution in [3.8, 4) is 5.88 Å². The van der Waals surface area contributed by atoms with Crippen LogP contribution in [0.1, 0.15) is 0 Å². The lowest BCUT2D eigenvalue weighted by molar-refractivity contribution is 0.213. The second-order valence-electron chi connectivity index (χ2n) is 2.65. The van der Waals surface area contributed by atoms with Gasteiger partial charge in [0.25, 0.3) is 0 Å². The number of rotatable bonds is 2. The predicted molar refractivity (Wildman–Crippen MR) is 52.5 cm³/mol. The summed E-state index contributed by atoms with van der Waals surface area (Å²) < 4.78 is 4.88. The quantitative estimate of drug-likeness (QED) is 0.775. The highest BCUT2D eigenvalue weighted by molar-refractivity contribution is 5.84. The zero-order valence-electron chi connectivity index (χ0n) is 7.68. The number of carbonyl (C=O) groups excluding carboxylic acids is 1. The van der Waals surface area contributed by atoms with E-state index in [2.05, 4.69) is 20.5 Å². The van der Waals surface area contributed by atoms with Crippen LogP contribution in [0.4, 0.5) is 10.6 Å². The van der Waals surface area contributed by atoms with Gasteiger partial charge in [-0.05, 0) is 6.07 Å². The first-order valence-corrected chi connectivity index (χ1v) is 4.24. The van der Waals surface area contributed by atoms with Gasteiger partial charge in [-0.15, -0.1) is 0 Å². The average molecular weight is 204 g/mol. The second kappa shape index (κ2) is 4.23. The van der Waals surface area contributed by atoms with Gasteiger partial charge in [0.2, 0.25) is 5.88 Å². The third kappa shape index (κ3) is 2.53. The van der Waals surface area contributed by atoms with E-state index in [4.69, 9.17) is 4.74 Å². The van der Waals surface area contributed by atoms with Gasteiger partial charge in [0.15, 0.2) is 0 Å². The zero-order chi connectivity index (χ0) is 10.5. The third-order valence-corrected chi connectivity index (χ3v) is 1.57. The molecule has 6 nitrogen and oxygen atoms in total. The second-order valence-corrected chi connectivity index (χ2v) is 2.65. The fourth-order valence-electron chi connectivity index (χ4n) is 0.963. The molecule has 0 fully saturated rings. The van der Waals surface area contributed by atoms with Crippen LogP contribution in [0.2, 0.25) is 0 Å². The van der Waals surface area contributed by atoms with E-state index in [0.717, 1.165) is 0 Å². The van der Waals surface area contributed by atoms with Gasteiger partial charge >= 0.3 is 6.09 Å². The van der Waals surface area contributed by atoms with Crippen LogP contribution in [0.3, 0.4) is 0 Å². The first kappa shape index (κ1) is 9.20. The molecule has 2 N–H and O–H groups in total. The summed E-state index contributed by atoms with van der Waals surface area (Å²) in [6.45, 7) is 0. The number of hydrogen-bond donors (Lipinski definition) is 2. The molecule has 2 aromatic heterocycles. The maximum absolute atomic E-state index is 11.3. The smallest absolute Gasteiger partial charge is 0.391 e. The molecule has 0 aromatic carbocycles. The molecule has 0 unspecified atom stereocenters. The number of amides is 1. The minimum atomic E-state index is -0.613. The molecule has 76 valence electrons. The van der Waals surface area contributed by atoms with Gasteiger partial charge in [-0.25, -0.2) is 9.78 Å². The Bertz CT molecular complexity index is 427. The van der Waals surface area contributed by atoms with Crippen LogP contribution in [-0.4, -0.2) is 21.3 Å². The van der Waals surface area contributed by atoms with Crippen LogP contribution in [0, 0.1) is 0 Å². The Morgan fingerprint density at radius 2 is 2.27 bits per heavy atom. The van der Waals surface area contributed by atoms with Crippen LogP contribution in [0.15, 0.2) is 36.7 Å². The molecule has 0 bridgehead atoms. The Kier molecular flexibility index (Phi) is 2.59. The summed E-state index contributed by atoms with van der Waals surface area (Å²) in [6.07, 6.45) is 2.45. The van der Waals surface area contributed by atoms with E-state index in [-0.39, 0.29) is 5.88 Å². The van der Waals surface area contributed by atoms with Crippen molar-refractivity contribution in [3.05, 3.63) is 36.7 Å². The van der Waals surface area contributed by atoms with Gasteiger partial charge in [-0.2, -0.15) is 5.10 Å². The summed E-state index contributed by atoms with van der Waals surface area (Å²) in [5, 5.41) is 8.69. The number of pyridine rings is 1. The monoisotopic (exact) mass is 204 g/mol. The number of anilines is 1. The summed E-state index contributed by atoms with van der Waals surface area (Å²) in [5.41, 5.74) is 0. The van der Waals surface area contributed by atoms with Crippen LogP contribution < -0.4 is 10.1 Å². The van der Waals surface area contributed by atoms with Crippen molar-refractivity contribution < 1.29 is 9.53 Å². The molecule has 0 aliphatic heterocycles. The largest absolute Gasteiger partial charge is 0.419 e. The highest BCUT2D eigenvalue weighted by atomic mass is 16.6. The molecular weight excluding hydrogens is 196 g/mol. The predicted octanol–water partition coefficient (Wildman–Crippen LogP) is 1.42. The SMILES string of the molecule is O=C(Nc1ccn[nH]1)Oc1ccccn1. The van der Waals surface area contributed by atoms with Crippen molar-refractivity contribution >= 4 is 11.9 Å². The summed E-state index contributed by atoms with van der Waals surface area (Å²) in [4.78, 5) is 15.1. The highest BCUT2D eigenvalue weighted by Gasteiger charge is 2.05. The summed E-state index contributed by atoms with van der Waals surface area (Å²) in [5.74, 6) is 0.713. The van der Waals surface area contributed by atoms with Crippen molar-refractivity contribution in [2.24, 2.45) is 0 Å². The van der Waals surface area contributed by atoms with Crippen LogP contribution >= 0.6 is 0 Å². The van der Waals surface area contributed by atoms with Gasteiger partial charge in [0.1, 0.15) is 5.82 Å². The molecule has 2 aromatic rings. The van der Waals surface area contributed by atoms with Gasteiger partial charge in [-0.1, -0.05) is 6.07 Å². The molecule has 2 rings (SSSR count). The molecule has 0 saturated heterocycles. The molecule has 0 aliphatic rings. The molecule has 0 radical (unpaired) electrons. The van der Waals surface area contributed by atoms with E-state index in [9.17, 15) is 4.79 Å². The van der Waals surface area contributed by atoms with Crippen LogP contribution in [0.25, 0.3) is 0 Å². The van der Waals surface area contributed by atoms with E-state index in [1.807, 2.05) is 0 Å². The number of nitrogens with zero attached hydrogens (tertiary/aromatic N) is 2. The Hall–Kier alpha value is -2.37. The van der Waals surface area contributed by atoms with Crippen LogP contribution in [-0.2, 0) is 0 Å². The number of nitrogens with one attached hydrogen (secondary N) is 2. The number of aromatic amines is 1. The lowest BCUT2D eigenvalue weighted by Crippen LogP contribution is -2.17. The van der Waals surface area contributed by atoms with Crippen molar-refractivity contribution in [2.75, 3.05) is 5.32 Å². The zero-order valence-corrected chi connectivity index (χ0v) is 7.68. The Morgan fingerprint density at radius 1 is 1.33 bits per heavy atom. The van der Waals surface area contributed by atoms with E-state index in [1.54, 1.807) is 30.5 Å². The normalized spacial score (nSPS) is 9.60. The Morgan fingerprint density at radius 3 is 2.93 bits per heavy atom. The minimum Gasteiger partial charge on any atom is -0.391 e. The van der Waals surface area contributed by atoms with Gasteiger partial charge in [0, 0.05) is 18.3 Å². The molecule has 1 amide bonds. The van der Waals surface area contributed by atoms with Gasteiger partial charge in [0.05, 0.1) is 6.20 Å². The number of ether oxygens (including phenoxy) is 1. The number of aromatic nitrogens is 3. The van der Waals surface area contributed by atoms with Crippen molar-refractivity contribution in [2.45, 2.75) is 0 Å². The number of H-pyrrole nitrogens is 1. The lowest BCUT2D eigenvalue weighted by Gasteiger charge is -2.02. The van der Waals surface area contributed by atoms with Crippen molar-refractivity contribution in [1.82, 2.24) is 15.2 Å². The Balaban J connectivity index is 1.94. The van der Waals surface area contributed by atoms with E-state index >= 15 is 0 Å². The van der Waals surface area contributed by atoms with Crippen molar-refractivity contribution in [1.29, 1.82) is 0 Å². The highest BCUT2D eigenvalue weighted by Crippen LogP contribution is 2.05. The fourth-order valence-corrected chi connectivity index (χ4v) is 0.963. The lowest BCUT2D eigenvalue weighted by atomic mass is 10.5. The van der Waals surface area contributed by atoms with Crippen molar-refractivity contribution in [3.63, 3.8) is 0 Å². The summed E-state index contributed by atoms with van der Waals surface area (Å²) in [7, 11) is 0. The Labute approximate surface area is 85.3 Å². The van der Waals surface area contributed by atoms with E-state index in [1.165, 1.54) is 6.20 Å². The van der Waals surface area contributed by atoms with Gasteiger partial charge in [-0.3, -0.25) is 10.4 Å². The number of carbonyl (C=O) groups is 1. The molecule has 6 heteroatoms. The molecule has 0 atom stereocenters. The van der Waals surface area contributed by atoms with E-state index in [0.29, 0.717) is 5.82 Å². The fraction of sp³-hybridized carbons (Fsp3) is 0. The molecular formula is C9H8N4O2. The topological polar surface area (TPSA) is 79.9 Å². The number of hydrogen-bond acceptors (Lipinski definition) is 4. The average Bonchev–Trinajstić information content (AvgIpc) is 2.71. The summed E-state index contributed by atoms with van der Waals surface area (Å²) in [6, 6.07) is 6.66. The summed E-state index contributed by atoms with van der Waals surface area (Å²) >= 11 is 0. The van der Waals surface area contributed by atoms with Gasteiger partial charge < -0.3 is 4.74 Å². The molecule has 2 heterocycles. The first-order valence-electron chi connectivity index (χ1n) is 4.24. The van der Waals surface area contributed by atoms with Crippen LogP contribution in [0.5, 0.6) is 5.88 Å². The first-order chi connectivity index (χ1) is 7.34. The third-order valence-electron chi connectivity index (χ3n) is 1.57. The maximum atomic E-state index is 11.3. The van der Waals surface area contributed by atoms with E-state index < -0.39 is 6.09 Å². The molecule has 0 saturated carbocycles. The standard InChI is InChI=1S/C9H8N4O2/c14-9(12-7-4-6-11-13-7)15-8-3-1-2-5-10-8/h1-6H,(H2,11,12,13,14). The molecule has 15 heavy (non-hydrogen) atoms. The molecule has 0 spiro atoms. The molecule has 0 aliphatic carbocycles.